The van der Waals surface area contributed by atoms with Gasteiger partial charge >= 0.3 is 0 Å². The van der Waals surface area contributed by atoms with E-state index < -0.39 is 0 Å². The van der Waals surface area contributed by atoms with Gasteiger partial charge in [-0.1, -0.05) is 24.6 Å². The predicted molar refractivity (Wildman–Crippen MR) is 127 cm³/mol. The van der Waals surface area contributed by atoms with E-state index in [2.05, 4.69) is 28.9 Å². The highest BCUT2D eigenvalue weighted by Gasteiger charge is 2.18. The Morgan fingerprint density at radius 1 is 1.13 bits per heavy atom. The van der Waals surface area contributed by atoms with Crippen molar-refractivity contribution in [2.45, 2.75) is 46.5 Å². The number of hydrogen-bond donors (Lipinski definition) is 0. The molecule has 1 aliphatic heterocycles. The number of benzene rings is 2. The molecule has 1 aliphatic rings. The van der Waals surface area contributed by atoms with Crippen LogP contribution in [0.1, 0.15) is 43.1 Å². The van der Waals surface area contributed by atoms with E-state index in [4.69, 9.17) is 4.74 Å². The fourth-order valence-electron chi connectivity index (χ4n) is 4.65. The molecule has 1 fully saturated rings. The highest BCUT2D eigenvalue weighted by atomic mass is 16.5. The van der Waals surface area contributed by atoms with E-state index in [-0.39, 0.29) is 5.56 Å². The molecule has 4 rings (SSSR count). The van der Waals surface area contributed by atoms with Gasteiger partial charge in [0.15, 0.2) is 0 Å². The van der Waals surface area contributed by atoms with Crippen molar-refractivity contribution < 1.29 is 4.74 Å². The number of fused-ring (bicyclic) bond motifs is 1. The second-order valence-electron chi connectivity index (χ2n) is 8.98. The number of likely N-dealkylation sites (tertiary alicyclic amines) is 1. The summed E-state index contributed by atoms with van der Waals surface area (Å²) in [5.41, 5.74) is 3.71. The Balaban J connectivity index is 1.54. The maximum Gasteiger partial charge on any atom is 0.266 e. The van der Waals surface area contributed by atoms with Gasteiger partial charge in [0.2, 0.25) is 0 Å². The van der Waals surface area contributed by atoms with Crippen LogP contribution in [-0.4, -0.2) is 41.2 Å². The third-order valence-electron chi connectivity index (χ3n) is 6.37. The molecule has 5 nitrogen and oxygen atoms in total. The van der Waals surface area contributed by atoms with Crippen LogP contribution in [0.15, 0.2) is 41.2 Å². The first-order valence-electron chi connectivity index (χ1n) is 11.4. The molecule has 0 amide bonds. The van der Waals surface area contributed by atoms with Crippen LogP contribution in [0.3, 0.4) is 0 Å². The molecule has 31 heavy (non-hydrogen) atoms. The van der Waals surface area contributed by atoms with Gasteiger partial charge < -0.3 is 9.64 Å². The molecule has 0 spiro atoms. The quantitative estimate of drug-likeness (QED) is 0.522. The summed E-state index contributed by atoms with van der Waals surface area (Å²) in [5.74, 6) is 2.22. The SMILES string of the molecule is COc1cc(CCCCN2CCC(C)C2)ccc1-n1c(C)nc2ccc(C)cc2c1=O. The number of rotatable bonds is 7. The first-order chi connectivity index (χ1) is 15.0. The average Bonchev–Trinajstić information content (AvgIpc) is 3.17. The van der Waals surface area contributed by atoms with E-state index in [0.717, 1.165) is 35.5 Å². The van der Waals surface area contributed by atoms with Crippen LogP contribution in [0.25, 0.3) is 16.6 Å². The molecule has 3 aromatic rings. The van der Waals surface area contributed by atoms with Crippen molar-refractivity contribution in [1.82, 2.24) is 14.5 Å². The lowest BCUT2D eigenvalue weighted by Gasteiger charge is -2.16. The summed E-state index contributed by atoms with van der Waals surface area (Å²) in [6, 6.07) is 12.0. The number of ether oxygens (including phenoxy) is 1. The Hall–Kier alpha value is -2.66. The Kier molecular flexibility index (Phi) is 6.42. The van der Waals surface area contributed by atoms with Crippen LogP contribution in [0, 0.1) is 19.8 Å². The van der Waals surface area contributed by atoms with E-state index in [9.17, 15) is 4.79 Å². The van der Waals surface area contributed by atoms with Crippen molar-refractivity contribution in [3.63, 3.8) is 0 Å². The van der Waals surface area contributed by atoms with Gasteiger partial charge in [0.25, 0.3) is 5.56 Å². The van der Waals surface area contributed by atoms with Gasteiger partial charge in [-0.3, -0.25) is 9.36 Å². The van der Waals surface area contributed by atoms with E-state index in [0.29, 0.717) is 17.0 Å². The zero-order chi connectivity index (χ0) is 22.0. The summed E-state index contributed by atoms with van der Waals surface area (Å²) in [6.07, 6.45) is 4.72. The van der Waals surface area contributed by atoms with Gasteiger partial charge in [0, 0.05) is 6.54 Å². The number of methoxy groups -OCH3 is 1. The summed E-state index contributed by atoms with van der Waals surface area (Å²) >= 11 is 0. The minimum atomic E-state index is -0.0582. The molecule has 0 N–H and O–H groups in total. The lowest BCUT2D eigenvalue weighted by molar-refractivity contribution is 0.320. The Morgan fingerprint density at radius 3 is 2.71 bits per heavy atom. The van der Waals surface area contributed by atoms with Crippen LogP contribution >= 0.6 is 0 Å². The second kappa shape index (κ2) is 9.23. The third-order valence-corrected chi connectivity index (χ3v) is 6.37. The summed E-state index contributed by atoms with van der Waals surface area (Å²) < 4.78 is 7.36. The topological polar surface area (TPSA) is 47.4 Å². The molecule has 1 unspecified atom stereocenters. The molecule has 0 saturated carbocycles. The zero-order valence-electron chi connectivity index (χ0n) is 19.1. The van der Waals surface area contributed by atoms with Gasteiger partial charge in [-0.25, -0.2) is 4.98 Å². The standard InChI is InChI=1S/C26H33N3O2/c1-18-8-10-23-22(15-18)26(30)29(20(3)27-23)24-11-9-21(16-25(24)31-4)7-5-6-13-28-14-12-19(2)17-28/h8-11,15-16,19H,5-7,12-14,17H2,1-4H3. The molecule has 164 valence electrons. The summed E-state index contributed by atoms with van der Waals surface area (Å²) in [7, 11) is 1.66. The minimum absolute atomic E-state index is 0.0582. The van der Waals surface area contributed by atoms with E-state index in [1.54, 1.807) is 11.7 Å². The first-order valence-corrected chi connectivity index (χ1v) is 11.4. The normalized spacial score (nSPS) is 16.8. The number of aromatic nitrogens is 2. The van der Waals surface area contributed by atoms with Crippen molar-refractivity contribution in [1.29, 1.82) is 0 Å². The number of unbranched alkanes of at least 4 members (excludes halogenated alkanes) is 1. The fraction of sp³-hybridized carbons (Fsp3) is 0.462. The Bertz CT molecular complexity index is 1140. The molecule has 2 aromatic carbocycles. The average molecular weight is 420 g/mol. The van der Waals surface area contributed by atoms with Crippen molar-refractivity contribution in [3.8, 4) is 11.4 Å². The number of aryl methyl sites for hydroxylation is 3. The van der Waals surface area contributed by atoms with E-state index in [1.807, 2.05) is 38.1 Å². The maximum atomic E-state index is 13.3. The smallest absolute Gasteiger partial charge is 0.266 e. The van der Waals surface area contributed by atoms with Gasteiger partial charge in [-0.2, -0.15) is 0 Å². The van der Waals surface area contributed by atoms with Crippen molar-refractivity contribution >= 4 is 10.9 Å². The van der Waals surface area contributed by atoms with Crippen molar-refractivity contribution in [2.24, 2.45) is 5.92 Å². The maximum absolute atomic E-state index is 13.3. The molecule has 1 saturated heterocycles. The van der Waals surface area contributed by atoms with Crippen LogP contribution < -0.4 is 10.3 Å². The second-order valence-corrected chi connectivity index (χ2v) is 8.98. The molecule has 2 heterocycles. The van der Waals surface area contributed by atoms with Crippen LogP contribution in [0.2, 0.25) is 0 Å². The van der Waals surface area contributed by atoms with E-state index in [1.165, 1.54) is 38.0 Å². The first kappa shape index (κ1) is 21.6. The largest absolute Gasteiger partial charge is 0.495 e. The molecular weight excluding hydrogens is 386 g/mol. The monoisotopic (exact) mass is 419 g/mol. The Morgan fingerprint density at radius 2 is 1.97 bits per heavy atom. The fourth-order valence-corrected chi connectivity index (χ4v) is 4.65. The minimum Gasteiger partial charge on any atom is -0.495 e. The molecule has 0 radical (unpaired) electrons. The summed E-state index contributed by atoms with van der Waals surface area (Å²) in [5, 5.41) is 0.632. The molecule has 1 aromatic heterocycles. The lowest BCUT2D eigenvalue weighted by atomic mass is 10.1. The predicted octanol–water partition coefficient (Wildman–Crippen LogP) is 4.68. The summed E-state index contributed by atoms with van der Waals surface area (Å²) in [4.78, 5) is 20.5. The molecular formula is C26H33N3O2. The number of hydrogen-bond acceptors (Lipinski definition) is 4. The highest BCUT2D eigenvalue weighted by Crippen LogP contribution is 2.26. The van der Waals surface area contributed by atoms with Crippen molar-refractivity contribution in [2.75, 3.05) is 26.7 Å². The summed E-state index contributed by atoms with van der Waals surface area (Å²) in [6.45, 7) is 9.88. The molecule has 0 aliphatic carbocycles. The van der Waals surface area contributed by atoms with Crippen LogP contribution in [-0.2, 0) is 6.42 Å². The Labute approximate surface area is 184 Å². The molecule has 0 bridgehead atoms. The lowest BCUT2D eigenvalue weighted by Crippen LogP contribution is -2.23. The van der Waals surface area contributed by atoms with E-state index >= 15 is 0 Å². The third kappa shape index (κ3) is 4.67. The zero-order valence-corrected chi connectivity index (χ0v) is 19.1. The van der Waals surface area contributed by atoms with Gasteiger partial charge in [0.05, 0.1) is 23.7 Å². The van der Waals surface area contributed by atoms with Crippen LogP contribution in [0.5, 0.6) is 5.75 Å². The molecule has 1 atom stereocenters. The van der Waals surface area contributed by atoms with Gasteiger partial charge in [-0.15, -0.1) is 0 Å². The van der Waals surface area contributed by atoms with Crippen molar-refractivity contribution in [3.05, 3.63) is 63.7 Å². The highest BCUT2D eigenvalue weighted by molar-refractivity contribution is 5.79. The van der Waals surface area contributed by atoms with Crippen LogP contribution in [0.4, 0.5) is 0 Å². The van der Waals surface area contributed by atoms with Gasteiger partial charge in [0.1, 0.15) is 11.6 Å². The van der Waals surface area contributed by atoms with Gasteiger partial charge in [-0.05, 0) is 88.4 Å². The number of nitrogens with zero attached hydrogens (tertiary/aromatic N) is 3. The molecule has 5 heteroatoms.